The molecule has 2 rings (SSSR count). The fourth-order valence-electron chi connectivity index (χ4n) is 2.05. The minimum atomic E-state index is -0.440. The number of hydrogen-bond acceptors (Lipinski definition) is 1. The van der Waals surface area contributed by atoms with Gasteiger partial charge in [0, 0.05) is 0 Å². The number of rotatable bonds is 1. The van der Waals surface area contributed by atoms with Crippen molar-refractivity contribution < 1.29 is 5.11 Å². The fraction of sp³-hybridized carbons (Fsp3) is 1.00. The highest BCUT2D eigenvalue weighted by atomic mass is 79.9. The standard InChI is InChI=1S/C7H10Br2O/c8-6(9)7(10)2-1-4-3-5(4)7/h4-6,10H,1-3H2/t4-,5+,7+/m1/s1. The molecule has 3 atom stereocenters. The molecule has 0 bridgehead atoms. The maximum absolute atomic E-state index is 9.98. The molecular weight excluding hydrogens is 260 g/mol. The number of halogens is 2. The first-order valence-electron chi connectivity index (χ1n) is 3.65. The molecule has 0 amide bonds. The third kappa shape index (κ3) is 0.901. The maximum Gasteiger partial charge on any atom is 0.0986 e. The maximum atomic E-state index is 9.98. The van der Waals surface area contributed by atoms with Gasteiger partial charge < -0.3 is 5.11 Å². The van der Waals surface area contributed by atoms with Crippen molar-refractivity contribution in [2.45, 2.75) is 28.6 Å². The lowest BCUT2D eigenvalue weighted by atomic mass is 10.0. The van der Waals surface area contributed by atoms with E-state index in [1.807, 2.05) is 0 Å². The van der Waals surface area contributed by atoms with Crippen molar-refractivity contribution >= 4 is 31.9 Å². The van der Waals surface area contributed by atoms with Crippen LogP contribution in [0.15, 0.2) is 0 Å². The Labute approximate surface area is 77.4 Å². The van der Waals surface area contributed by atoms with Gasteiger partial charge >= 0.3 is 0 Å². The molecule has 1 nitrogen and oxygen atoms in total. The Morgan fingerprint density at radius 3 is 2.40 bits per heavy atom. The molecule has 0 aromatic carbocycles. The predicted octanol–water partition coefficient (Wildman–Crippen LogP) is 2.26. The first-order valence-corrected chi connectivity index (χ1v) is 5.48. The smallest absolute Gasteiger partial charge is 0.0986 e. The first kappa shape index (κ1) is 7.56. The van der Waals surface area contributed by atoms with E-state index in [0.29, 0.717) is 5.92 Å². The van der Waals surface area contributed by atoms with E-state index in [4.69, 9.17) is 0 Å². The average Bonchev–Trinajstić information content (AvgIpc) is 2.56. The van der Waals surface area contributed by atoms with E-state index < -0.39 is 5.60 Å². The zero-order chi connectivity index (χ0) is 7.35. The van der Waals surface area contributed by atoms with Crippen molar-refractivity contribution in [2.24, 2.45) is 11.8 Å². The van der Waals surface area contributed by atoms with Crippen LogP contribution >= 0.6 is 31.9 Å². The third-order valence-electron chi connectivity index (χ3n) is 2.86. The van der Waals surface area contributed by atoms with Gasteiger partial charge in [-0.15, -0.1) is 0 Å². The molecule has 0 aromatic heterocycles. The molecular formula is C7H10Br2O. The number of alkyl halides is 2. The second kappa shape index (κ2) is 2.20. The molecule has 2 saturated carbocycles. The van der Waals surface area contributed by atoms with Crippen molar-refractivity contribution in [3.63, 3.8) is 0 Å². The summed E-state index contributed by atoms with van der Waals surface area (Å²) in [6.45, 7) is 0. The fourth-order valence-corrected chi connectivity index (χ4v) is 3.19. The zero-order valence-electron chi connectivity index (χ0n) is 5.56. The van der Waals surface area contributed by atoms with Crippen molar-refractivity contribution in [1.29, 1.82) is 0 Å². The van der Waals surface area contributed by atoms with Crippen LogP contribution in [0.3, 0.4) is 0 Å². The predicted molar refractivity (Wildman–Crippen MR) is 47.4 cm³/mol. The van der Waals surface area contributed by atoms with Crippen LogP contribution in [-0.2, 0) is 0 Å². The average molecular weight is 270 g/mol. The van der Waals surface area contributed by atoms with Gasteiger partial charge in [-0.1, -0.05) is 31.9 Å². The largest absolute Gasteiger partial charge is 0.388 e. The Hall–Kier alpha value is 0.920. The van der Waals surface area contributed by atoms with Gasteiger partial charge in [0.2, 0.25) is 0 Å². The molecule has 0 radical (unpaired) electrons. The van der Waals surface area contributed by atoms with Gasteiger partial charge in [0.25, 0.3) is 0 Å². The normalized spacial score (nSPS) is 51.6. The van der Waals surface area contributed by atoms with E-state index in [0.717, 1.165) is 12.3 Å². The van der Waals surface area contributed by atoms with Gasteiger partial charge in [-0.2, -0.15) is 0 Å². The van der Waals surface area contributed by atoms with Crippen LogP contribution in [0.5, 0.6) is 0 Å². The summed E-state index contributed by atoms with van der Waals surface area (Å²) in [6, 6.07) is 0. The number of hydrogen-bond donors (Lipinski definition) is 1. The number of aliphatic hydroxyl groups is 1. The first-order chi connectivity index (χ1) is 4.64. The summed E-state index contributed by atoms with van der Waals surface area (Å²) >= 11 is 6.78. The SMILES string of the molecule is O[C@@]1(C(Br)Br)CC[C@@H]2C[C@@H]21. The molecule has 0 aliphatic heterocycles. The van der Waals surface area contributed by atoms with Crippen molar-refractivity contribution in [3.05, 3.63) is 0 Å². The minimum Gasteiger partial charge on any atom is -0.388 e. The summed E-state index contributed by atoms with van der Waals surface area (Å²) in [4.78, 5) is 0. The molecule has 0 aromatic rings. The van der Waals surface area contributed by atoms with E-state index in [1.165, 1.54) is 12.8 Å². The Bertz CT molecular complexity index is 160. The third-order valence-corrected chi connectivity index (χ3v) is 4.44. The molecule has 58 valence electrons. The van der Waals surface area contributed by atoms with E-state index in [9.17, 15) is 5.11 Å². The van der Waals surface area contributed by atoms with Gasteiger partial charge in [0.15, 0.2) is 0 Å². The highest BCUT2D eigenvalue weighted by Gasteiger charge is 2.59. The van der Waals surface area contributed by atoms with Crippen LogP contribution in [0.25, 0.3) is 0 Å². The summed E-state index contributed by atoms with van der Waals surface area (Å²) in [6.07, 6.45) is 3.42. The molecule has 0 spiro atoms. The molecule has 3 heteroatoms. The summed E-state index contributed by atoms with van der Waals surface area (Å²) in [5.74, 6) is 1.42. The van der Waals surface area contributed by atoms with E-state index in [2.05, 4.69) is 31.9 Å². The highest BCUT2D eigenvalue weighted by Crippen LogP contribution is 2.60. The van der Waals surface area contributed by atoms with E-state index in [-0.39, 0.29) is 3.74 Å². The van der Waals surface area contributed by atoms with Crippen LogP contribution in [0.2, 0.25) is 0 Å². The van der Waals surface area contributed by atoms with Gasteiger partial charge in [-0.25, -0.2) is 0 Å². The van der Waals surface area contributed by atoms with Gasteiger partial charge in [0.05, 0.1) is 9.34 Å². The summed E-state index contributed by atoms with van der Waals surface area (Å²) < 4.78 is 0.0880. The number of fused-ring (bicyclic) bond motifs is 1. The lowest BCUT2D eigenvalue weighted by Gasteiger charge is -2.26. The molecule has 2 aliphatic carbocycles. The Balaban J connectivity index is 2.14. The molecule has 2 fully saturated rings. The van der Waals surface area contributed by atoms with Crippen molar-refractivity contribution in [3.8, 4) is 0 Å². The van der Waals surface area contributed by atoms with Crippen molar-refractivity contribution in [2.75, 3.05) is 0 Å². The van der Waals surface area contributed by atoms with Crippen LogP contribution in [-0.4, -0.2) is 14.4 Å². The second-order valence-corrected chi connectivity index (χ2v) is 6.49. The summed E-state index contributed by atoms with van der Waals surface area (Å²) in [5, 5.41) is 9.98. The molecule has 0 heterocycles. The Morgan fingerprint density at radius 2 is 2.20 bits per heavy atom. The molecule has 1 N–H and O–H groups in total. The van der Waals surface area contributed by atoms with Gasteiger partial charge in [-0.05, 0) is 31.1 Å². The quantitative estimate of drug-likeness (QED) is 0.724. The zero-order valence-corrected chi connectivity index (χ0v) is 8.73. The summed E-state index contributed by atoms with van der Waals surface area (Å²) in [7, 11) is 0. The van der Waals surface area contributed by atoms with E-state index in [1.54, 1.807) is 0 Å². The Kier molecular flexibility index (Phi) is 1.67. The van der Waals surface area contributed by atoms with Crippen molar-refractivity contribution in [1.82, 2.24) is 0 Å². The van der Waals surface area contributed by atoms with Crippen LogP contribution < -0.4 is 0 Å². The van der Waals surface area contributed by atoms with Gasteiger partial charge in [0.1, 0.15) is 0 Å². The van der Waals surface area contributed by atoms with E-state index >= 15 is 0 Å². The molecule has 2 aliphatic rings. The Morgan fingerprint density at radius 1 is 1.50 bits per heavy atom. The summed E-state index contributed by atoms with van der Waals surface area (Å²) in [5.41, 5.74) is -0.440. The lowest BCUT2D eigenvalue weighted by Crippen LogP contribution is -2.35. The molecule has 0 saturated heterocycles. The monoisotopic (exact) mass is 268 g/mol. The highest BCUT2D eigenvalue weighted by molar-refractivity contribution is 9.24. The van der Waals surface area contributed by atoms with Gasteiger partial charge in [-0.3, -0.25) is 0 Å². The second-order valence-electron chi connectivity index (χ2n) is 3.43. The van der Waals surface area contributed by atoms with Crippen LogP contribution in [0.1, 0.15) is 19.3 Å². The molecule has 0 unspecified atom stereocenters. The topological polar surface area (TPSA) is 20.2 Å². The molecule has 10 heavy (non-hydrogen) atoms. The lowest BCUT2D eigenvalue weighted by molar-refractivity contribution is 0.0448. The van der Waals surface area contributed by atoms with Crippen LogP contribution in [0, 0.1) is 11.8 Å². The van der Waals surface area contributed by atoms with Crippen LogP contribution in [0.4, 0.5) is 0 Å². The minimum absolute atomic E-state index is 0.0880.